The smallest absolute Gasteiger partial charge is 0.326 e. The summed E-state index contributed by atoms with van der Waals surface area (Å²) in [5, 5.41) is 24.7. The molecular formula is C18H31N5O8S. The van der Waals surface area contributed by atoms with Gasteiger partial charge in [0.1, 0.15) is 18.1 Å². The molecule has 14 heteroatoms. The second-order valence-electron chi connectivity index (χ2n) is 7.54. The Morgan fingerprint density at radius 3 is 1.81 bits per heavy atom. The SMILES string of the molecule is CC(C)CC(N)C(=O)NC(CCC(=O)O)C(=O)NC(CS)C(=O)NC(CC(N)=O)C(=O)O. The normalized spacial score (nSPS) is 14.5. The van der Waals surface area contributed by atoms with E-state index in [0.717, 1.165) is 0 Å². The number of primary amides is 1. The molecule has 0 aliphatic rings. The Balaban J connectivity index is 5.32. The lowest BCUT2D eigenvalue weighted by Crippen LogP contribution is -2.58. The first kappa shape index (κ1) is 29.1. The van der Waals surface area contributed by atoms with Gasteiger partial charge in [-0.15, -0.1) is 0 Å². The molecule has 0 aromatic carbocycles. The van der Waals surface area contributed by atoms with Crippen LogP contribution in [0.5, 0.6) is 0 Å². The molecule has 0 aromatic heterocycles. The second-order valence-corrected chi connectivity index (χ2v) is 7.91. The molecular weight excluding hydrogens is 446 g/mol. The first-order valence-electron chi connectivity index (χ1n) is 9.78. The minimum absolute atomic E-state index is 0.0990. The van der Waals surface area contributed by atoms with E-state index in [1.54, 1.807) is 0 Å². The van der Waals surface area contributed by atoms with Crippen LogP contribution in [0.3, 0.4) is 0 Å². The third kappa shape index (κ3) is 11.5. The lowest BCUT2D eigenvalue weighted by Gasteiger charge is -2.24. The van der Waals surface area contributed by atoms with Crippen molar-refractivity contribution in [1.82, 2.24) is 16.0 Å². The molecule has 4 unspecified atom stereocenters. The van der Waals surface area contributed by atoms with Crippen LogP contribution in [0.25, 0.3) is 0 Å². The number of hydrogen-bond donors (Lipinski definition) is 8. The maximum absolute atomic E-state index is 12.6. The Kier molecular flexibility index (Phi) is 13.0. The fourth-order valence-corrected chi connectivity index (χ4v) is 2.83. The highest BCUT2D eigenvalue weighted by molar-refractivity contribution is 7.80. The van der Waals surface area contributed by atoms with Gasteiger partial charge in [-0.3, -0.25) is 24.0 Å². The van der Waals surface area contributed by atoms with Crippen LogP contribution in [0.4, 0.5) is 0 Å². The van der Waals surface area contributed by atoms with Crippen molar-refractivity contribution in [1.29, 1.82) is 0 Å². The highest BCUT2D eigenvalue weighted by atomic mass is 32.1. The number of thiol groups is 1. The monoisotopic (exact) mass is 477 g/mol. The Morgan fingerprint density at radius 2 is 1.38 bits per heavy atom. The van der Waals surface area contributed by atoms with Crippen LogP contribution in [0, 0.1) is 5.92 Å². The van der Waals surface area contributed by atoms with Crippen molar-refractivity contribution in [2.24, 2.45) is 17.4 Å². The van der Waals surface area contributed by atoms with Crippen LogP contribution >= 0.6 is 12.6 Å². The summed E-state index contributed by atoms with van der Waals surface area (Å²) in [7, 11) is 0. The molecule has 0 saturated heterocycles. The van der Waals surface area contributed by atoms with Gasteiger partial charge in [-0.05, 0) is 18.8 Å². The summed E-state index contributed by atoms with van der Waals surface area (Å²) in [5.41, 5.74) is 10.7. The zero-order chi connectivity index (χ0) is 25.0. The molecule has 0 rings (SSSR count). The van der Waals surface area contributed by atoms with Crippen LogP contribution in [-0.4, -0.2) is 75.7 Å². The predicted molar refractivity (Wildman–Crippen MR) is 115 cm³/mol. The van der Waals surface area contributed by atoms with Crippen LogP contribution < -0.4 is 27.4 Å². The van der Waals surface area contributed by atoms with Crippen molar-refractivity contribution >= 4 is 48.2 Å². The summed E-state index contributed by atoms with van der Waals surface area (Å²) in [5.74, 6) is -6.33. The van der Waals surface area contributed by atoms with Crippen LogP contribution in [0.2, 0.25) is 0 Å². The van der Waals surface area contributed by atoms with Crippen LogP contribution in [-0.2, 0) is 28.8 Å². The average molecular weight is 478 g/mol. The molecule has 182 valence electrons. The lowest BCUT2D eigenvalue weighted by atomic mass is 10.0. The summed E-state index contributed by atoms with van der Waals surface area (Å²) in [6, 6.07) is -5.19. The Hall–Kier alpha value is -2.87. The fourth-order valence-electron chi connectivity index (χ4n) is 2.57. The number of nitrogens with one attached hydrogen (secondary N) is 3. The van der Waals surface area contributed by atoms with E-state index < -0.39 is 72.6 Å². The van der Waals surface area contributed by atoms with Crippen LogP contribution in [0.15, 0.2) is 0 Å². The van der Waals surface area contributed by atoms with E-state index in [0.29, 0.717) is 6.42 Å². The van der Waals surface area contributed by atoms with Gasteiger partial charge >= 0.3 is 11.9 Å². The molecule has 13 nitrogen and oxygen atoms in total. The quantitative estimate of drug-likeness (QED) is 0.117. The minimum atomic E-state index is -1.61. The minimum Gasteiger partial charge on any atom is -0.481 e. The average Bonchev–Trinajstić information content (AvgIpc) is 2.66. The van der Waals surface area contributed by atoms with Gasteiger partial charge in [0, 0.05) is 12.2 Å². The molecule has 0 spiro atoms. The zero-order valence-corrected chi connectivity index (χ0v) is 18.8. The maximum Gasteiger partial charge on any atom is 0.326 e. The van der Waals surface area contributed by atoms with E-state index in [-0.39, 0.29) is 18.1 Å². The van der Waals surface area contributed by atoms with Gasteiger partial charge in [-0.25, -0.2) is 4.79 Å². The van der Waals surface area contributed by atoms with Gasteiger partial charge in [-0.1, -0.05) is 13.8 Å². The predicted octanol–water partition coefficient (Wildman–Crippen LogP) is -2.43. The number of carbonyl (C=O) groups excluding carboxylic acids is 4. The number of hydrogen-bond acceptors (Lipinski definition) is 8. The summed E-state index contributed by atoms with van der Waals surface area (Å²) in [4.78, 5) is 70.4. The molecule has 0 radical (unpaired) electrons. The third-order valence-corrected chi connectivity index (χ3v) is 4.54. The Morgan fingerprint density at radius 1 is 0.875 bits per heavy atom. The standard InChI is InChI=1S/C18H31N5O8S/c1-8(2)5-9(19)15(27)21-10(3-4-14(25)26)16(28)23-12(7-32)17(29)22-11(18(30)31)6-13(20)24/h8-12,32H,3-7,19H2,1-2H3,(H2,20,24)(H,21,27)(H,22,29)(H,23,28)(H,25,26)(H,30,31). The zero-order valence-electron chi connectivity index (χ0n) is 17.9. The van der Waals surface area contributed by atoms with E-state index in [1.807, 2.05) is 13.8 Å². The number of aliphatic carboxylic acids is 2. The van der Waals surface area contributed by atoms with E-state index in [4.69, 9.17) is 21.7 Å². The molecule has 0 bridgehead atoms. The lowest BCUT2D eigenvalue weighted by molar-refractivity contribution is -0.143. The number of carboxylic acid groups (broad SMARTS) is 2. The third-order valence-electron chi connectivity index (χ3n) is 4.18. The van der Waals surface area contributed by atoms with Crippen molar-refractivity contribution < 1.29 is 39.0 Å². The van der Waals surface area contributed by atoms with Crippen molar-refractivity contribution in [3.8, 4) is 0 Å². The molecule has 0 aliphatic heterocycles. The molecule has 0 aliphatic carbocycles. The molecule has 0 aromatic rings. The van der Waals surface area contributed by atoms with Crippen molar-refractivity contribution in [3.05, 3.63) is 0 Å². The molecule has 0 heterocycles. The van der Waals surface area contributed by atoms with E-state index >= 15 is 0 Å². The van der Waals surface area contributed by atoms with E-state index in [1.165, 1.54) is 0 Å². The van der Waals surface area contributed by atoms with E-state index in [9.17, 15) is 28.8 Å². The summed E-state index contributed by atoms with van der Waals surface area (Å²) in [6.07, 6.45) is -1.06. The van der Waals surface area contributed by atoms with E-state index in [2.05, 4.69) is 28.6 Å². The highest BCUT2D eigenvalue weighted by Crippen LogP contribution is 2.05. The number of rotatable bonds is 15. The Bertz CT molecular complexity index is 717. The summed E-state index contributed by atoms with van der Waals surface area (Å²) < 4.78 is 0. The van der Waals surface area contributed by atoms with Gasteiger partial charge in [0.05, 0.1) is 12.5 Å². The van der Waals surface area contributed by atoms with Gasteiger partial charge in [0.2, 0.25) is 23.6 Å². The number of carbonyl (C=O) groups is 6. The molecule has 32 heavy (non-hydrogen) atoms. The summed E-state index contributed by atoms with van der Waals surface area (Å²) in [6.45, 7) is 3.70. The van der Waals surface area contributed by atoms with Crippen LogP contribution in [0.1, 0.15) is 39.5 Å². The maximum atomic E-state index is 12.6. The van der Waals surface area contributed by atoms with Gasteiger partial charge in [0.25, 0.3) is 0 Å². The first-order valence-corrected chi connectivity index (χ1v) is 10.4. The van der Waals surface area contributed by atoms with Crippen molar-refractivity contribution in [2.75, 3.05) is 5.75 Å². The molecule has 9 N–H and O–H groups in total. The van der Waals surface area contributed by atoms with Gasteiger partial charge in [-0.2, -0.15) is 12.6 Å². The van der Waals surface area contributed by atoms with Crippen molar-refractivity contribution in [3.63, 3.8) is 0 Å². The summed E-state index contributed by atoms with van der Waals surface area (Å²) >= 11 is 3.95. The highest BCUT2D eigenvalue weighted by Gasteiger charge is 2.30. The largest absolute Gasteiger partial charge is 0.481 e. The second kappa shape index (κ2) is 14.2. The number of carboxylic acids is 2. The molecule has 0 saturated carbocycles. The van der Waals surface area contributed by atoms with Gasteiger partial charge < -0.3 is 37.6 Å². The number of nitrogens with two attached hydrogens (primary N) is 2. The molecule has 0 fully saturated rings. The number of amides is 4. The topological polar surface area (TPSA) is 231 Å². The Labute approximate surface area is 190 Å². The fraction of sp³-hybridized carbons (Fsp3) is 0.667. The van der Waals surface area contributed by atoms with Crippen molar-refractivity contribution in [2.45, 2.75) is 63.7 Å². The van der Waals surface area contributed by atoms with Gasteiger partial charge in [0.15, 0.2) is 0 Å². The molecule has 4 atom stereocenters. The first-order chi connectivity index (χ1) is 14.8. The molecule has 4 amide bonds.